The van der Waals surface area contributed by atoms with Crippen LogP contribution in [-0.2, 0) is 26.5 Å². The number of carbonyl (C=O) groups is 3. The fourth-order valence-electron chi connectivity index (χ4n) is 7.44. The molecule has 0 unspecified atom stereocenters. The number of nitrogens with two attached hydrogens (primary N) is 1. The first-order valence-electron chi connectivity index (χ1n) is 16.4. The van der Waals surface area contributed by atoms with Crippen molar-refractivity contribution in [1.29, 1.82) is 0 Å². The average Bonchev–Trinajstić information content (AvgIpc) is 3.51. The molecule has 254 valence electrons. The third-order valence-electron chi connectivity index (χ3n) is 9.63. The highest BCUT2D eigenvalue weighted by atomic mass is 28.4. The van der Waals surface area contributed by atoms with Crippen molar-refractivity contribution in [1.82, 2.24) is 4.90 Å². The molecule has 2 aliphatic heterocycles. The molecule has 9 nitrogen and oxygen atoms in total. The normalized spacial score (nSPS) is 21.5. The maximum atomic E-state index is 16.5. The minimum Gasteiger partial charge on any atom is -0.399 e. The zero-order valence-electron chi connectivity index (χ0n) is 27.8. The van der Waals surface area contributed by atoms with Crippen LogP contribution in [0.5, 0.6) is 0 Å². The molecule has 2 aliphatic rings. The Morgan fingerprint density at radius 2 is 1.65 bits per heavy atom. The van der Waals surface area contributed by atoms with Crippen LogP contribution >= 0.6 is 0 Å². The van der Waals surface area contributed by atoms with Crippen LogP contribution in [0.4, 0.5) is 26.9 Å². The van der Waals surface area contributed by atoms with Gasteiger partial charge in [0.25, 0.3) is 11.8 Å². The number of anilines is 4. The molecule has 1 saturated heterocycles. The molecule has 2 heterocycles. The van der Waals surface area contributed by atoms with Gasteiger partial charge in [-0.15, -0.1) is 0 Å². The largest absolute Gasteiger partial charge is 0.399 e. The van der Waals surface area contributed by atoms with E-state index in [0.717, 1.165) is 5.56 Å². The van der Waals surface area contributed by atoms with Crippen LogP contribution < -0.4 is 16.0 Å². The van der Waals surface area contributed by atoms with E-state index in [2.05, 4.69) is 5.32 Å². The molecule has 4 N–H and O–H groups in total. The molecule has 0 bridgehead atoms. The molecular formula is C38H41FN4O5Si. The van der Waals surface area contributed by atoms with Crippen LogP contribution in [0.15, 0.2) is 103 Å². The number of carbonyl (C=O) groups excluding carboxylic acids is 3. The summed E-state index contributed by atoms with van der Waals surface area (Å²) in [4.78, 5) is 45.1. The number of nitrogens with zero attached hydrogens (tertiary/aromatic N) is 2. The van der Waals surface area contributed by atoms with Crippen LogP contribution in [0.2, 0.25) is 18.6 Å². The molecule has 1 spiro atoms. The summed E-state index contributed by atoms with van der Waals surface area (Å²) in [5.74, 6) is -1.69. The maximum Gasteiger partial charge on any atom is 0.268 e. The summed E-state index contributed by atoms with van der Waals surface area (Å²) in [6.45, 7) is 5.14. The molecule has 1 fully saturated rings. The van der Waals surface area contributed by atoms with Crippen molar-refractivity contribution in [2.45, 2.75) is 50.2 Å². The molecule has 0 radical (unpaired) electrons. The molecule has 3 amide bonds. The molecule has 0 saturated carbocycles. The lowest BCUT2D eigenvalue weighted by molar-refractivity contribution is -0.149. The van der Waals surface area contributed by atoms with E-state index in [1.54, 1.807) is 65.4 Å². The molecule has 0 aliphatic carbocycles. The van der Waals surface area contributed by atoms with E-state index < -0.39 is 31.6 Å². The van der Waals surface area contributed by atoms with Gasteiger partial charge in [-0.2, -0.15) is 0 Å². The highest BCUT2D eigenvalue weighted by molar-refractivity contribution is 6.72. The van der Waals surface area contributed by atoms with Crippen molar-refractivity contribution < 1.29 is 28.3 Å². The van der Waals surface area contributed by atoms with E-state index >= 15 is 4.11 Å². The van der Waals surface area contributed by atoms with Gasteiger partial charge in [0.05, 0.1) is 24.8 Å². The third-order valence-corrected chi connectivity index (χ3v) is 12.1. The Kier molecular flexibility index (Phi) is 9.43. The summed E-state index contributed by atoms with van der Waals surface area (Å²) < 4.78 is 23.3. The maximum absolute atomic E-state index is 16.5. The summed E-state index contributed by atoms with van der Waals surface area (Å²) >= 11 is 0. The lowest BCUT2D eigenvalue weighted by Gasteiger charge is -2.31. The Morgan fingerprint density at radius 3 is 2.29 bits per heavy atom. The van der Waals surface area contributed by atoms with Gasteiger partial charge in [0.2, 0.25) is 14.3 Å². The fourth-order valence-corrected chi connectivity index (χ4v) is 9.93. The lowest BCUT2D eigenvalue weighted by Crippen LogP contribution is -2.44. The van der Waals surface area contributed by atoms with E-state index in [0.29, 0.717) is 33.9 Å². The Bertz CT molecular complexity index is 1840. The molecule has 11 heteroatoms. The van der Waals surface area contributed by atoms with Gasteiger partial charge in [-0.1, -0.05) is 55.5 Å². The van der Waals surface area contributed by atoms with Crippen LogP contribution in [-0.4, -0.2) is 55.4 Å². The number of nitrogens with one attached hydrogen (secondary N) is 1. The number of aliphatic hydroxyl groups is 1. The van der Waals surface area contributed by atoms with Gasteiger partial charge in [-0.05, 0) is 73.3 Å². The van der Waals surface area contributed by atoms with Crippen molar-refractivity contribution in [2.24, 2.45) is 5.92 Å². The summed E-state index contributed by atoms with van der Waals surface area (Å²) in [7, 11) is -3.57. The second-order valence-electron chi connectivity index (χ2n) is 13.3. The summed E-state index contributed by atoms with van der Waals surface area (Å²) in [6, 6.07) is 30.3. The number of nitrogen functional groups attached to an aromatic ring is 1. The van der Waals surface area contributed by atoms with Crippen molar-refractivity contribution in [2.75, 3.05) is 29.1 Å². The highest BCUT2D eigenvalue weighted by Crippen LogP contribution is 2.61. The van der Waals surface area contributed by atoms with E-state index in [1.165, 1.54) is 0 Å². The van der Waals surface area contributed by atoms with Gasteiger partial charge in [-0.25, -0.2) is 0 Å². The Balaban J connectivity index is 1.40. The van der Waals surface area contributed by atoms with Gasteiger partial charge in [0.15, 0.2) is 5.60 Å². The Hall–Kier alpha value is -4.84. The van der Waals surface area contributed by atoms with E-state index in [1.807, 2.05) is 67.6 Å². The number of para-hydroxylation sites is 1. The van der Waals surface area contributed by atoms with Crippen molar-refractivity contribution in [3.05, 3.63) is 120 Å². The topological polar surface area (TPSA) is 125 Å². The quantitative estimate of drug-likeness (QED) is 0.101. The number of benzene rings is 4. The SMILES string of the molecule is C[C@H]1[C@H]([Si](C)(C)F)[C@@H](CC(=O)N(CCO)Cc2ccccc2)O[C@]12C(=O)N(c1ccccc1)c1ccc(NC(=O)c3ccc(N)cc3)cc12. The molecule has 49 heavy (non-hydrogen) atoms. The summed E-state index contributed by atoms with van der Waals surface area (Å²) in [5.41, 5.74) is 7.40. The predicted molar refractivity (Wildman–Crippen MR) is 190 cm³/mol. The molecule has 0 aromatic heterocycles. The second-order valence-corrected chi connectivity index (χ2v) is 17.1. The minimum atomic E-state index is -3.57. The molecular weight excluding hydrogens is 640 g/mol. The lowest BCUT2D eigenvalue weighted by atomic mass is 9.82. The summed E-state index contributed by atoms with van der Waals surface area (Å²) in [6.07, 6.45) is -1.07. The van der Waals surface area contributed by atoms with E-state index in [9.17, 15) is 19.5 Å². The van der Waals surface area contributed by atoms with Crippen LogP contribution in [0.3, 0.4) is 0 Å². The number of rotatable bonds is 10. The number of fused-ring (bicyclic) bond motifs is 2. The molecule has 4 aromatic rings. The first kappa shape index (κ1) is 34.0. The number of aliphatic hydroxyl groups excluding tert-OH is 1. The first-order chi connectivity index (χ1) is 23.4. The van der Waals surface area contributed by atoms with Crippen LogP contribution in [0.1, 0.15) is 34.8 Å². The van der Waals surface area contributed by atoms with Crippen molar-refractivity contribution in [3.63, 3.8) is 0 Å². The second kappa shape index (κ2) is 13.6. The number of hydrogen-bond acceptors (Lipinski definition) is 6. The zero-order valence-corrected chi connectivity index (χ0v) is 28.8. The smallest absolute Gasteiger partial charge is 0.268 e. The first-order valence-corrected chi connectivity index (χ1v) is 19.4. The van der Waals surface area contributed by atoms with E-state index in [4.69, 9.17) is 10.5 Å². The molecule has 4 aromatic carbocycles. The van der Waals surface area contributed by atoms with Gasteiger partial charge in [0, 0.05) is 52.7 Å². The molecule has 4 atom stereocenters. The molecule has 6 rings (SSSR count). The van der Waals surface area contributed by atoms with Gasteiger partial charge < -0.3 is 29.9 Å². The third kappa shape index (κ3) is 6.49. The van der Waals surface area contributed by atoms with Crippen molar-refractivity contribution in [3.8, 4) is 0 Å². The summed E-state index contributed by atoms with van der Waals surface area (Å²) in [5, 5.41) is 12.7. The highest BCUT2D eigenvalue weighted by Gasteiger charge is 2.67. The van der Waals surface area contributed by atoms with E-state index in [-0.39, 0.29) is 43.8 Å². The average molecular weight is 681 g/mol. The predicted octanol–water partition coefficient (Wildman–Crippen LogP) is 6.39. The monoisotopic (exact) mass is 680 g/mol. The number of ether oxygens (including phenoxy) is 1. The fraction of sp³-hybridized carbons (Fsp3) is 0.289. The van der Waals surface area contributed by atoms with Gasteiger partial charge in [-0.3, -0.25) is 19.3 Å². The number of amides is 3. The van der Waals surface area contributed by atoms with Gasteiger partial charge in [0.1, 0.15) is 0 Å². The Labute approximate surface area is 286 Å². The van der Waals surface area contributed by atoms with Crippen LogP contribution in [0, 0.1) is 5.92 Å². The van der Waals surface area contributed by atoms with Gasteiger partial charge >= 0.3 is 0 Å². The number of halogens is 1. The number of hydrogen-bond donors (Lipinski definition) is 3. The Morgan fingerprint density at radius 1 is 1.00 bits per heavy atom. The standard InChI is InChI=1S/C38H41FN4O5Si/c1-25-35(49(2,3)39)33(23-34(45)42(20-21-44)24-26-10-6-4-7-11-26)48-38(25)31-22-29(41-36(46)27-14-16-28(40)17-15-27)18-19-32(31)43(37(38)47)30-12-8-5-9-13-30/h4-19,22,25,33,35,44H,20-21,23-24,40H2,1-3H3,(H,41,46)/t25-,33+,35-,38+/m0/s1. The van der Waals surface area contributed by atoms with Crippen molar-refractivity contribution >= 4 is 48.9 Å². The zero-order chi connectivity index (χ0) is 34.9. The van der Waals surface area contributed by atoms with Crippen LogP contribution in [0.25, 0.3) is 0 Å². The minimum absolute atomic E-state index is 0.100.